The predicted octanol–water partition coefficient (Wildman–Crippen LogP) is -0.752. The normalized spacial score (nSPS) is 13.0. The van der Waals surface area contributed by atoms with Crippen LogP contribution in [0.2, 0.25) is 0 Å². The number of aromatic nitrogens is 6. The molecule has 2 rings (SSSR count). The number of aryl methyl sites for hydroxylation is 1. The van der Waals surface area contributed by atoms with Crippen molar-refractivity contribution in [3.8, 4) is 0 Å². The zero-order valence-electron chi connectivity index (χ0n) is 7.85. The summed E-state index contributed by atoms with van der Waals surface area (Å²) in [6, 6.07) is -0.332. The highest BCUT2D eigenvalue weighted by atomic mass is 79.9. The lowest BCUT2D eigenvalue weighted by Crippen LogP contribution is -2.31. The maximum Gasteiger partial charge on any atom is 0.153 e. The smallest absolute Gasteiger partial charge is 0.153 e. The Morgan fingerprint density at radius 2 is 2.47 bits per heavy atom. The van der Waals surface area contributed by atoms with Crippen LogP contribution in [-0.4, -0.2) is 30.2 Å². The zero-order valence-corrected chi connectivity index (χ0v) is 9.43. The third kappa shape index (κ3) is 1.76. The minimum atomic E-state index is -0.332. The second-order valence-corrected chi connectivity index (χ2v) is 3.61. The molecule has 9 heteroatoms. The van der Waals surface area contributed by atoms with Crippen LogP contribution in [0.1, 0.15) is 17.6 Å². The molecular weight excluding hydrogens is 264 g/mol. The van der Waals surface area contributed by atoms with Crippen molar-refractivity contribution in [2.24, 2.45) is 12.9 Å². The van der Waals surface area contributed by atoms with Gasteiger partial charge in [0, 0.05) is 7.05 Å². The summed E-state index contributed by atoms with van der Waals surface area (Å²) >= 11 is 3.29. The Kier molecular flexibility index (Phi) is 2.75. The van der Waals surface area contributed by atoms with Crippen molar-refractivity contribution in [2.45, 2.75) is 6.04 Å². The fourth-order valence-electron chi connectivity index (χ4n) is 1.29. The quantitative estimate of drug-likeness (QED) is 0.501. The molecule has 0 spiro atoms. The Bertz CT molecular complexity index is 414. The van der Waals surface area contributed by atoms with E-state index in [0.717, 1.165) is 5.69 Å². The van der Waals surface area contributed by atoms with Gasteiger partial charge in [-0.2, -0.15) is 5.10 Å². The van der Waals surface area contributed by atoms with E-state index < -0.39 is 0 Å². The SMILES string of the molecule is Cn1nnc(Br)c1C(NN)c1ncn[nH]1. The van der Waals surface area contributed by atoms with Gasteiger partial charge in [0.15, 0.2) is 4.60 Å². The maximum absolute atomic E-state index is 5.47. The van der Waals surface area contributed by atoms with Crippen molar-refractivity contribution in [3.05, 3.63) is 22.4 Å². The number of hydrogen-bond acceptors (Lipinski definition) is 6. The topological polar surface area (TPSA) is 110 Å². The van der Waals surface area contributed by atoms with Crippen molar-refractivity contribution in [1.82, 2.24) is 35.6 Å². The Morgan fingerprint density at radius 1 is 1.67 bits per heavy atom. The molecule has 8 nitrogen and oxygen atoms in total. The molecular formula is C6H9BrN8. The highest BCUT2D eigenvalue weighted by Gasteiger charge is 2.22. The number of halogens is 1. The number of rotatable bonds is 3. The van der Waals surface area contributed by atoms with Crippen LogP contribution in [0.5, 0.6) is 0 Å². The maximum atomic E-state index is 5.47. The van der Waals surface area contributed by atoms with Gasteiger partial charge < -0.3 is 0 Å². The van der Waals surface area contributed by atoms with Gasteiger partial charge in [0.25, 0.3) is 0 Å². The van der Waals surface area contributed by atoms with Gasteiger partial charge in [-0.15, -0.1) is 5.10 Å². The molecule has 0 aromatic carbocycles. The first-order chi connectivity index (χ1) is 7.24. The second kappa shape index (κ2) is 4.04. The van der Waals surface area contributed by atoms with Gasteiger partial charge >= 0.3 is 0 Å². The van der Waals surface area contributed by atoms with Gasteiger partial charge in [0.2, 0.25) is 0 Å². The van der Waals surface area contributed by atoms with Crippen LogP contribution < -0.4 is 11.3 Å². The van der Waals surface area contributed by atoms with Crippen molar-refractivity contribution in [1.29, 1.82) is 0 Å². The average Bonchev–Trinajstić information content (AvgIpc) is 2.83. The minimum absolute atomic E-state index is 0.332. The Hall–Kier alpha value is -1.32. The first kappa shape index (κ1) is 10.2. The van der Waals surface area contributed by atoms with E-state index in [9.17, 15) is 0 Å². The molecule has 0 aliphatic rings. The standard InChI is InChI=1S/C6H9BrN8/c1-15-4(5(7)12-14-15)3(11-8)6-9-2-10-13-6/h2-3,11H,8H2,1H3,(H,9,10,13). The predicted molar refractivity (Wildman–Crippen MR) is 54.3 cm³/mol. The van der Waals surface area contributed by atoms with Crippen LogP contribution in [0.25, 0.3) is 0 Å². The van der Waals surface area contributed by atoms with E-state index in [1.165, 1.54) is 6.33 Å². The van der Waals surface area contributed by atoms with Gasteiger partial charge in [-0.1, -0.05) is 5.21 Å². The largest absolute Gasteiger partial charge is 0.270 e. The number of aromatic amines is 1. The number of hydrogen-bond donors (Lipinski definition) is 3. The van der Waals surface area contributed by atoms with Crippen LogP contribution in [0.3, 0.4) is 0 Å². The van der Waals surface area contributed by atoms with E-state index >= 15 is 0 Å². The molecule has 80 valence electrons. The minimum Gasteiger partial charge on any atom is -0.270 e. The molecule has 0 radical (unpaired) electrons. The lowest BCUT2D eigenvalue weighted by atomic mass is 10.2. The third-order valence-electron chi connectivity index (χ3n) is 1.97. The summed E-state index contributed by atoms with van der Waals surface area (Å²) in [6.45, 7) is 0. The van der Waals surface area contributed by atoms with Gasteiger partial charge in [-0.25, -0.2) is 15.1 Å². The fourth-order valence-corrected chi connectivity index (χ4v) is 1.84. The van der Waals surface area contributed by atoms with E-state index in [-0.39, 0.29) is 6.04 Å². The number of nitrogens with two attached hydrogens (primary N) is 1. The molecule has 2 aromatic heterocycles. The number of nitrogens with one attached hydrogen (secondary N) is 2. The monoisotopic (exact) mass is 272 g/mol. The Labute approximate surface area is 93.4 Å². The van der Waals surface area contributed by atoms with Gasteiger partial charge in [-0.05, 0) is 15.9 Å². The highest BCUT2D eigenvalue weighted by molar-refractivity contribution is 9.10. The molecule has 0 fully saturated rings. The van der Waals surface area contributed by atoms with E-state index in [1.807, 2.05) is 0 Å². The lowest BCUT2D eigenvalue weighted by Gasteiger charge is -2.12. The molecule has 2 aromatic rings. The van der Waals surface area contributed by atoms with Gasteiger partial charge in [-0.3, -0.25) is 10.9 Å². The van der Waals surface area contributed by atoms with Crippen molar-refractivity contribution in [2.75, 3.05) is 0 Å². The molecule has 0 saturated heterocycles. The summed E-state index contributed by atoms with van der Waals surface area (Å²) in [4.78, 5) is 4.03. The highest BCUT2D eigenvalue weighted by Crippen LogP contribution is 2.23. The summed E-state index contributed by atoms with van der Waals surface area (Å²) in [7, 11) is 1.77. The van der Waals surface area contributed by atoms with Crippen LogP contribution in [0.4, 0.5) is 0 Å². The molecule has 2 heterocycles. The van der Waals surface area contributed by atoms with E-state index in [4.69, 9.17) is 5.84 Å². The molecule has 0 amide bonds. The summed E-state index contributed by atoms with van der Waals surface area (Å²) < 4.78 is 2.22. The first-order valence-electron chi connectivity index (χ1n) is 4.10. The summed E-state index contributed by atoms with van der Waals surface area (Å²) in [5.41, 5.74) is 3.40. The number of H-pyrrole nitrogens is 1. The molecule has 1 atom stereocenters. The fraction of sp³-hybridized carbons (Fsp3) is 0.333. The first-order valence-corrected chi connectivity index (χ1v) is 4.89. The molecule has 1 unspecified atom stereocenters. The van der Waals surface area contributed by atoms with Crippen LogP contribution >= 0.6 is 15.9 Å². The zero-order chi connectivity index (χ0) is 10.8. The van der Waals surface area contributed by atoms with Gasteiger partial charge in [0.1, 0.15) is 18.2 Å². The molecule has 4 N–H and O–H groups in total. The van der Waals surface area contributed by atoms with E-state index in [0.29, 0.717) is 10.4 Å². The van der Waals surface area contributed by atoms with Crippen molar-refractivity contribution in [3.63, 3.8) is 0 Å². The molecule has 0 aliphatic heterocycles. The molecule has 0 saturated carbocycles. The Balaban J connectivity index is 2.44. The molecule has 15 heavy (non-hydrogen) atoms. The van der Waals surface area contributed by atoms with E-state index in [2.05, 4.69) is 46.8 Å². The van der Waals surface area contributed by atoms with Crippen molar-refractivity contribution >= 4 is 15.9 Å². The lowest BCUT2D eigenvalue weighted by molar-refractivity contribution is 0.547. The summed E-state index contributed by atoms with van der Waals surface area (Å²) in [5, 5.41) is 14.2. The molecule has 0 aliphatic carbocycles. The Morgan fingerprint density at radius 3 is 2.93 bits per heavy atom. The van der Waals surface area contributed by atoms with Crippen LogP contribution in [-0.2, 0) is 7.05 Å². The number of hydrazine groups is 1. The van der Waals surface area contributed by atoms with Gasteiger partial charge in [0.05, 0.1) is 5.69 Å². The van der Waals surface area contributed by atoms with Crippen LogP contribution in [0.15, 0.2) is 10.9 Å². The average molecular weight is 273 g/mol. The van der Waals surface area contributed by atoms with Crippen LogP contribution in [0, 0.1) is 0 Å². The summed E-state index contributed by atoms with van der Waals surface area (Å²) in [5.74, 6) is 6.07. The molecule has 0 bridgehead atoms. The van der Waals surface area contributed by atoms with E-state index in [1.54, 1.807) is 11.7 Å². The number of nitrogens with zero attached hydrogens (tertiary/aromatic N) is 5. The second-order valence-electron chi connectivity index (χ2n) is 2.86. The third-order valence-corrected chi connectivity index (χ3v) is 2.54. The summed E-state index contributed by atoms with van der Waals surface area (Å²) in [6.07, 6.45) is 1.41. The van der Waals surface area contributed by atoms with Crippen molar-refractivity contribution < 1.29 is 0 Å².